The van der Waals surface area contributed by atoms with Crippen LogP contribution in [0.4, 0.5) is 13.2 Å². The lowest BCUT2D eigenvalue weighted by atomic mass is 10.2. The molecule has 0 atom stereocenters. The third kappa shape index (κ3) is 4.50. The molecule has 1 amide bonds. The largest absolute Gasteiger partial charge is 0.406 e. The van der Waals surface area contributed by atoms with Crippen LogP contribution in [0.1, 0.15) is 30.0 Å². The minimum atomic E-state index is -4.41. The molecule has 1 rings (SSSR count). The SMILES string of the molecule is CCc1cc(C(=O)N(CCBr)CC(F)(F)F)n(CC)n1. The number of nitrogens with zero attached hydrogens (tertiary/aromatic N) is 3. The zero-order valence-electron chi connectivity index (χ0n) is 11.4. The second-order valence-corrected chi connectivity index (χ2v) is 5.01. The second kappa shape index (κ2) is 7.10. The van der Waals surface area contributed by atoms with Gasteiger partial charge in [0.2, 0.25) is 0 Å². The van der Waals surface area contributed by atoms with Gasteiger partial charge in [0.1, 0.15) is 12.2 Å². The lowest BCUT2D eigenvalue weighted by molar-refractivity contribution is -0.140. The molecule has 1 heterocycles. The molecule has 0 saturated carbocycles. The van der Waals surface area contributed by atoms with Crippen LogP contribution in [0.25, 0.3) is 0 Å². The average molecular weight is 356 g/mol. The summed E-state index contributed by atoms with van der Waals surface area (Å²) >= 11 is 3.07. The Hall–Kier alpha value is -1.05. The number of carbonyl (C=O) groups is 1. The highest BCUT2D eigenvalue weighted by Crippen LogP contribution is 2.19. The van der Waals surface area contributed by atoms with Gasteiger partial charge < -0.3 is 4.90 Å². The zero-order valence-corrected chi connectivity index (χ0v) is 13.0. The van der Waals surface area contributed by atoms with Crippen LogP contribution < -0.4 is 0 Å². The Morgan fingerprint density at radius 3 is 2.55 bits per heavy atom. The van der Waals surface area contributed by atoms with Crippen molar-refractivity contribution in [3.05, 3.63) is 17.5 Å². The van der Waals surface area contributed by atoms with E-state index in [1.165, 1.54) is 4.68 Å². The van der Waals surface area contributed by atoms with Crippen molar-refractivity contribution in [1.29, 1.82) is 0 Å². The fourth-order valence-electron chi connectivity index (χ4n) is 1.79. The number of alkyl halides is 4. The first kappa shape index (κ1) is 17.0. The first-order valence-electron chi connectivity index (χ1n) is 6.31. The van der Waals surface area contributed by atoms with Gasteiger partial charge in [-0.25, -0.2) is 0 Å². The first-order valence-corrected chi connectivity index (χ1v) is 7.43. The van der Waals surface area contributed by atoms with Gasteiger partial charge in [0.25, 0.3) is 5.91 Å². The van der Waals surface area contributed by atoms with Crippen molar-refractivity contribution < 1.29 is 18.0 Å². The topological polar surface area (TPSA) is 38.1 Å². The van der Waals surface area contributed by atoms with Crippen molar-refractivity contribution in [3.8, 4) is 0 Å². The highest BCUT2D eigenvalue weighted by Gasteiger charge is 2.34. The number of rotatable bonds is 6. The summed E-state index contributed by atoms with van der Waals surface area (Å²) in [5, 5.41) is 4.47. The van der Waals surface area contributed by atoms with Crippen molar-refractivity contribution in [2.75, 3.05) is 18.4 Å². The summed E-state index contributed by atoms with van der Waals surface area (Å²) in [6.07, 6.45) is -3.78. The summed E-state index contributed by atoms with van der Waals surface area (Å²) in [4.78, 5) is 13.1. The van der Waals surface area contributed by atoms with E-state index in [0.29, 0.717) is 18.7 Å². The highest BCUT2D eigenvalue weighted by molar-refractivity contribution is 9.09. The zero-order chi connectivity index (χ0) is 15.3. The molecule has 4 nitrogen and oxygen atoms in total. The second-order valence-electron chi connectivity index (χ2n) is 4.22. The summed E-state index contributed by atoms with van der Waals surface area (Å²) in [5.41, 5.74) is 0.899. The van der Waals surface area contributed by atoms with Crippen LogP contribution in [0.3, 0.4) is 0 Å². The van der Waals surface area contributed by atoms with Crippen LogP contribution in [0.5, 0.6) is 0 Å². The van der Waals surface area contributed by atoms with Crippen LogP contribution in [0.15, 0.2) is 6.07 Å². The van der Waals surface area contributed by atoms with Gasteiger partial charge in [0.05, 0.1) is 5.69 Å². The summed E-state index contributed by atoms with van der Waals surface area (Å²) < 4.78 is 39.0. The predicted octanol–water partition coefficient (Wildman–Crippen LogP) is 2.86. The Balaban J connectivity index is 3.02. The number of carbonyl (C=O) groups excluding carboxylic acids is 1. The molecular formula is C12H17BrF3N3O. The molecule has 0 saturated heterocycles. The van der Waals surface area contributed by atoms with Gasteiger partial charge in [0, 0.05) is 18.4 Å². The number of aromatic nitrogens is 2. The van der Waals surface area contributed by atoms with E-state index in [1.54, 1.807) is 13.0 Å². The van der Waals surface area contributed by atoms with Crippen LogP contribution in [-0.2, 0) is 13.0 Å². The van der Waals surface area contributed by atoms with E-state index in [1.807, 2.05) is 6.92 Å². The third-order valence-corrected chi connectivity index (χ3v) is 3.08. The first-order chi connectivity index (χ1) is 9.32. The molecule has 0 N–H and O–H groups in total. The molecule has 1 aromatic rings. The molecule has 0 aliphatic rings. The highest BCUT2D eigenvalue weighted by atomic mass is 79.9. The van der Waals surface area contributed by atoms with Gasteiger partial charge in [-0.15, -0.1) is 0 Å². The quantitative estimate of drug-likeness (QED) is 0.736. The van der Waals surface area contributed by atoms with E-state index in [2.05, 4.69) is 21.0 Å². The molecule has 0 aliphatic heterocycles. The lowest BCUT2D eigenvalue weighted by Gasteiger charge is -2.23. The van der Waals surface area contributed by atoms with E-state index in [4.69, 9.17) is 0 Å². The van der Waals surface area contributed by atoms with E-state index in [9.17, 15) is 18.0 Å². The van der Waals surface area contributed by atoms with Gasteiger partial charge in [-0.2, -0.15) is 18.3 Å². The smallest absolute Gasteiger partial charge is 0.327 e. The molecular weight excluding hydrogens is 339 g/mol. The van der Waals surface area contributed by atoms with Crippen LogP contribution >= 0.6 is 15.9 Å². The molecule has 0 radical (unpaired) electrons. The number of halogens is 4. The van der Waals surface area contributed by atoms with Crippen molar-refractivity contribution in [3.63, 3.8) is 0 Å². The van der Waals surface area contributed by atoms with E-state index in [0.717, 1.165) is 4.90 Å². The monoisotopic (exact) mass is 355 g/mol. The van der Waals surface area contributed by atoms with Gasteiger partial charge in [-0.05, 0) is 19.4 Å². The minimum absolute atomic E-state index is 0.00526. The normalized spacial score (nSPS) is 11.7. The average Bonchev–Trinajstić information content (AvgIpc) is 2.79. The fraction of sp³-hybridized carbons (Fsp3) is 0.667. The number of hydrogen-bond donors (Lipinski definition) is 0. The van der Waals surface area contributed by atoms with Gasteiger partial charge in [0.15, 0.2) is 0 Å². The molecule has 0 aliphatic carbocycles. The predicted molar refractivity (Wildman–Crippen MR) is 73.0 cm³/mol. The van der Waals surface area contributed by atoms with E-state index in [-0.39, 0.29) is 17.6 Å². The van der Waals surface area contributed by atoms with Crippen LogP contribution in [0, 0.1) is 0 Å². The van der Waals surface area contributed by atoms with Crippen molar-refractivity contribution >= 4 is 21.8 Å². The number of aryl methyl sites for hydroxylation is 2. The Morgan fingerprint density at radius 1 is 1.45 bits per heavy atom. The maximum absolute atomic E-state index is 12.5. The Bertz CT molecular complexity index is 459. The van der Waals surface area contributed by atoms with Gasteiger partial charge in [-0.1, -0.05) is 22.9 Å². The summed E-state index contributed by atoms with van der Waals surface area (Å²) in [5.74, 6) is -0.643. The van der Waals surface area contributed by atoms with Crippen molar-refractivity contribution in [2.24, 2.45) is 0 Å². The molecule has 0 fully saturated rings. The third-order valence-electron chi connectivity index (χ3n) is 2.72. The van der Waals surface area contributed by atoms with E-state index >= 15 is 0 Å². The van der Waals surface area contributed by atoms with Crippen molar-refractivity contribution in [2.45, 2.75) is 33.0 Å². The molecule has 0 bridgehead atoms. The molecule has 20 heavy (non-hydrogen) atoms. The maximum atomic E-state index is 12.5. The molecule has 0 aromatic carbocycles. The summed E-state index contributed by atoms with van der Waals surface area (Å²) in [7, 11) is 0. The number of amides is 1. The van der Waals surface area contributed by atoms with Gasteiger partial charge in [-0.3, -0.25) is 9.48 Å². The number of hydrogen-bond acceptors (Lipinski definition) is 2. The van der Waals surface area contributed by atoms with E-state index < -0.39 is 18.6 Å². The Kier molecular flexibility index (Phi) is 6.04. The summed E-state index contributed by atoms with van der Waals surface area (Å²) in [6.45, 7) is 2.85. The fourth-order valence-corrected chi connectivity index (χ4v) is 2.22. The van der Waals surface area contributed by atoms with Gasteiger partial charge >= 0.3 is 6.18 Å². The minimum Gasteiger partial charge on any atom is -0.327 e. The molecule has 0 spiro atoms. The molecule has 0 unspecified atom stereocenters. The maximum Gasteiger partial charge on any atom is 0.406 e. The van der Waals surface area contributed by atoms with Crippen LogP contribution in [0.2, 0.25) is 0 Å². The molecule has 1 aromatic heterocycles. The molecule has 8 heteroatoms. The molecule has 114 valence electrons. The van der Waals surface area contributed by atoms with Crippen molar-refractivity contribution in [1.82, 2.24) is 14.7 Å². The van der Waals surface area contributed by atoms with Crippen LogP contribution in [-0.4, -0.2) is 45.2 Å². The lowest BCUT2D eigenvalue weighted by Crippen LogP contribution is -2.41. The Labute approximate surface area is 124 Å². The standard InChI is InChI=1S/C12H17BrF3N3O/c1-3-9-7-10(19(4-2)17-9)11(20)18(6-5-13)8-12(14,15)16/h7H,3-6,8H2,1-2H3. The summed E-state index contributed by atoms with van der Waals surface area (Å²) in [6, 6.07) is 1.56. The Morgan fingerprint density at radius 2 is 2.10 bits per heavy atom.